The highest BCUT2D eigenvalue weighted by molar-refractivity contribution is 7.91. The van der Waals surface area contributed by atoms with Gasteiger partial charge in [-0.2, -0.15) is 0 Å². The number of hydrogen-bond donors (Lipinski definition) is 0. The maximum absolute atomic E-state index is 13.5. The predicted molar refractivity (Wildman–Crippen MR) is 132 cm³/mol. The summed E-state index contributed by atoms with van der Waals surface area (Å²) in [6, 6.07) is 15.5. The van der Waals surface area contributed by atoms with Crippen molar-refractivity contribution in [1.29, 1.82) is 0 Å². The Morgan fingerprint density at radius 3 is 2.34 bits per heavy atom. The Bertz CT molecular complexity index is 1520. The zero-order chi connectivity index (χ0) is 24.3. The van der Waals surface area contributed by atoms with Crippen molar-refractivity contribution < 1.29 is 22.7 Å². The van der Waals surface area contributed by atoms with Crippen LogP contribution in [0.15, 0.2) is 69.4 Å². The molecule has 6 nitrogen and oxygen atoms in total. The van der Waals surface area contributed by atoms with E-state index in [9.17, 15) is 13.2 Å². The van der Waals surface area contributed by atoms with Crippen molar-refractivity contribution in [2.45, 2.75) is 47.4 Å². The SMILES string of the molecule is COc1cc2c(cc1OC)[C@H]1CCCC[C@H]1N=C2c1ccc2c(c1)S(=O)(=O)c1ccccc1C2=O. The first-order valence-corrected chi connectivity index (χ1v) is 13.3. The highest BCUT2D eigenvalue weighted by Gasteiger charge is 2.37. The molecule has 2 atom stereocenters. The van der Waals surface area contributed by atoms with Gasteiger partial charge in [-0.1, -0.05) is 31.0 Å². The summed E-state index contributed by atoms with van der Waals surface area (Å²) < 4.78 is 38.2. The Morgan fingerprint density at radius 1 is 0.829 bits per heavy atom. The Balaban J connectivity index is 1.55. The maximum Gasteiger partial charge on any atom is 0.208 e. The molecule has 0 saturated heterocycles. The molecule has 0 amide bonds. The van der Waals surface area contributed by atoms with E-state index >= 15 is 0 Å². The first kappa shape index (κ1) is 22.0. The highest BCUT2D eigenvalue weighted by Crippen LogP contribution is 2.45. The fourth-order valence-corrected chi connectivity index (χ4v) is 7.41. The van der Waals surface area contributed by atoms with Gasteiger partial charge >= 0.3 is 0 Å². The molecule has 178 valence electrons. The summed E-state index contributed by atoms with van der Waals surface area (Å²) in [6.45, 7) is 0. The van der Waals surface area contributed by atoms with E-state index in [4.69, 9.17) is 14.5 Å². The molecule has 6 rings (SSSR count). The molecule has 3 aliphatic rings. The molecule has 3 aromatic carbocycles. The molecule has 0 aromatic heterocycles. The van der Waals surface area contributed by atoms with Gasteiger partial charge < -0.3 is 9.47 Å². The molecule has 2 aliphatic heterocycles. The third-order valence-corrected chi connectivity index (χ3v) is 9.30. The number of sulfone groups is 1. The van der Waals surface area contributed by atoms with Gasteiger partial charge in [-0.15, -0.1) is 0 Å². The van der Waals surface area contributed by atoms with E-state index in [1.165, 1.54) is 6.07 Å². The maximum atomic E-state index is 13.5. The van der Waals surface area contributed by atoms with Gasteiger partial charge in [0.15, 0.2) is 17.3 Å². The molecule has 0 N–H and O–H groups in total. The minimum Gasteiger partial charge on any atom is -0.493 e. The number of methoxy groups -OCH3 is 2. The van der Waals surface area contributed by atoms with E-state index in [0.29, 0.717) is 17.1 Å². The van der Waals surface area contributed by atoms with Crippen LogP contribution < -0.4 is 9.47 Å². The van der Waals surface area contributed by atoms with E-state index in [0.717, 1.165) is 42.5 Å². The highest BCUT2D eigenvalue weighted by atomic mass is 32.2. The minimum atomic E-state index is -3.84. The number of hydrogen-bond acceptors (Lipinski definition) is 6. The Morgan fingerprint density at radius 2 is 1.54 bits per heavy atom. The third-order valence-electron chi connectivity index (χ3n) is 7.45. The van der Waals surface area contributed by atoms with Crippen LogP contribution in [0.25, 0.3) is 0 Å². The average molecular weight is 488 g/mol. The topological polar surface area (TPSA) is 82.0 Å². The second kappa shape index (κ2) is 8.05. The molecule has 35 heavy (non-hydrogen) atoms. The summed E-state index contributed by atoms with van der Waals surface area (Å²) in [5, 5.41) is 0. The molecule has 1 fully saturated rings. The first-order valence-electron chi connectivity index (χ1n) is 11.8. The summed E-state index contributed by atoms with van der Waals surface area (Å²) >= 11 is 0. The van der Waals surface area contributed by atoms with Gasteiger partial charge in [0.1, 0.15) is 0 Å². The fourth-order valence-electron chi connectivity index (χ4n) is 5.73. The van der Waals surface area contributed by atoms with Crippen LogP contribution in [-0.4, -0.2) is 40.2 Å². The molecule has 0 radical (unpaired) electrons. The second-order valence-corrected chi connectivity index (χ2v) is 11.2. The van der Waals surface area contributed by atoms with Crippen LogP contribution in [0, 0.1) is 0 Å². The van der Waals surface area contributed by atoms with Crippen molar-refractivity contribution in [3.05, 3.63) is 82.4 Å². The van der Waals surface area contributed by atoms with Gasteiger partial charge in [0.05, 0.1) is 35.8 Å². The smallest absolute Gasteiger partial charge is 0.208 e. The normalized spacial score (nSPS) is 21.7. The molecule has 1 saturated carbocycles. The Hall–Kier alpha value is -3.45. The number of benzene rings is 3. The minimum absolute atomic E-state index is 0.0363. The molecule has 1 aliphatic carbocycles. The van der Waals surface area contributed by atoms with Gasteiger partial charge in [0.25, 0.3) is 0 Å². The van der Waals surface area contributed by atoms with E-state index in [2.05, 4.69) is 0 Å². The van der Waals surface area contributed by atoms with E-state index < -0.39 is 9.84 Å². The van der Waals surface area contributed by atoms with Crippen molar-refractivity contribution in [3.8, 4) is 11.5 Å². The van der Waals surface area contributed by atoms with E-state index in [-0.39, 0.29) is 38.7 Å². The van der Waals surface area contributed by atoms with Crippen molar-refractivity contribution in [3.63, 3.8) is 0 Å². The molecule has 3 aromatic rings. The number of rotatable bonds is 3. The number of ketones is 1. The zero-order valence-electron chi connectivity index (χ0n) is 19.6. The molecule has 0 unspecified atom stereocenters. The van der Waals surface area contributed by atoms with Gasteiger partial charge in [-0.3, -0.25) is 9.79 Å². The standard InChI is InChI=1S/C28H25NO5S/c1-33-23-14-20-17-7-3-5-9-22(17)29-27(21(20)15-24(23)34-2)16-11-12-19-26(13-16)35(31,32)25-10-6-4-8-18(25)28(19)30/h4,6,8,10-15,17,22H,3,5,7,9H2,1-2H3/t17-,22-/m1/s1. The number of fused-ring (bicyclic) bond motifs is 5. The lowest BCUT2D eigenvalue weighted by molar-refractivity contribution is 0.103. The van der Waals surface area contributed by atoms with Crippen LogP contribution in [0.1, 0.15) is 64.2 Å². The number of aliphatic imine (C=N–C) groups is 1. The molecule has 0 spiro atoms. The summed E-state index contributed by atoms with van der Waals surface area (Å²) in [7, 11) is -0.613. The number of carbonyl (C=O) groups is 1. The Labute approximate surface area is 204 Å². The zero-order valence-corrected chi connectivity index (χ0v) is 20.4. The van der Waals surface area contributed by atoms with Gasteiger partial charge in [0.2, 0.25) is 9.84 Å². The molecule has 2 heterocycles. The van der Waals surface area contributed by atoms with Crippen LogP contribution in [0.2, 0.25) is 0 Å². The van der Waals surface area contributed by atoms with Crippen molar-refractivity contribution in [2.75, 3.05) is 14.2 Å². The van der Waals surface area contributed by atoms with Crippen LogP contribution in [0.4, 0.5) is 0 Å². The van der Waals surface area contributed by atoms with Crippen LogP contribution >= 0.6 is 0 Å². The summed E-state index contributed by atoms with van der Waals surface area (Å²) in [5.41, 5.74) is 3.90. The van der Waals surface area contributed by atoms with Crippen molar-refractivity contribution in [2.24, 2.45) is 4.99 Å². The van der Waals surface area contributed by atoms with Gasteiger partial charge in [-0.25, -0.2) is 8.42 Å². The molecule has 0 bridgehead atoms. The lowest BCUT2D eigenvalue weighted by atomic mass is 9.75. The monoisotopic (exact) mass is 487 g/mol. The first-order chi connectivity index (χ1) is 16.9. The fraction of sp³-hybridized carbons (Fsp3) is 0.286. The number of ether oxygens (including phenoxy) is 2. The van der Waals surface area contributed by atoms with Crippen LogP contribution in [0.3, 0.4) is 0 Å². The number of carbonyl (C=O) groups excluding carboxylic acids is 1. The second-order valence-electron chi connectivity index (χ2n) is 9.27. The van der Waals surface area contributed by atoms with Gasteiger partial charge in [-0.05, 0) is 54.8 Å². The summed E-state index contributed by atoms with van der Waals surface area (Å²) in [6.07, 6.45) is 4.30. The lowest BCUT2D eigenvalue weighted by Crippen LogP contribution is -2.30. The third kappa shape index (κ3) is 3.25. The van der Waals surface area contributed by atoms with Crippen molar-refractivity contribution in [1.82, 2.24) is 0 Å². The van der Waals surface area contributed by atoms with Crippen LogP contribution in [0.5, 0.6) is 11.5 Å². The largest absolute Gasteiger partial charge is 0.493 e. The molecular weight excluding hydrogens is 462 g/mol. The average Bonchev–Trinajstić information content (AvgIpc) is 2.90. The number of nitrogens with zero attached hydrogens (tertiary/aromatic N) is 1. The molecule has 7 heteroatoms. The molecular formula is C28H25NO5S. The quantitative estimate of drug-likeness (QED) is 0.408. The summed E-state index contributed by atoms with van der Waals surface area (Å²) in [4.78, 5) is 18.3. The van der Waals surface area contributed by atoms with Crippen molar-refractivity contribution >= 4 is 21.3 Å². The Kier molecular flexibility index (Phi) is 5.07. The van der Waals surface area contributed by atoms with E-state index in [1.807, 2.05) is 18.2 Å². The lowest BCUT2D eigenvalue weighted by Gasteiger charge is -2.36. The predicted octanol–water partition coefficient (Wildman–Crippen LogP) is 4.96. The van der Waals surface area contributed by atoms with Crippen LogP contribution in [-0.2, 0) is 9.84 Å². The van der Waals surface area contributed by atoms with Gasteiger partial charge in [0, 0.05) is 28.2 Å². The van der Waals surface area contributed by atoms with E-state index in [1.54, 1.807) is 44.6 Å². The summed E-state index contributed by atoms with van der Waals surface area (Å²) in [5.74, 6) is 1.29.